The number of carbonyl (C=O) groups is 5. The summed E-state index contributed by atoms with van der Waals surface area (Å²) in [6.07, 6.45) is 5.34. The molecule has 0 spiro atoms. The minimum absolute atomic E-state index is 0.106. The van der Waals surface area contributed by atoms with Gasteiger partial charge >= 0.3 is 0 Å². The van der Waals surface area contributed by atoms with E-state index in [4.69, 9.17) is 4.74 Å². The van der Waals surface area contributed by atoms with Crippen molar-refractivity contribution in [3.63, 3.8) is 0 Å². The van der Waals surface area contributed by atoms with Crippen LogP contribution in [0.2, 0.25) is 0 Å². The summed E-state index contributed by atoms with van der Waals surface area (Å²) >= 11 is 0. The van der Waals surface area contributed by atoms with E-state index >= 15 is 0 Å². The SMILES string of the molecule is CC(C)CC1NC(=O)C(Cc2ccccc2)NC(=O)C(CCCCCC(=O)C2CO2)NC(=O)C2CCCCN2C1=O. The highest BCUT2D eigenvalue weighted by molar-refractivity contribution is 5.97. The molecule has 3 aliphatic heterocycles. The summed E-state index contributed by atoms with van der Waals surface area (Å²) in [4.78, 5) is 68.1. The van der Waals surface area contributed by atoms with E-state index in [1.165, 1.54) is 0 Å². The largest absolute Gasteiger partial charge is 0.365 e. The Morgan fingerprint density at radius 1 is 0.902 bits per heavy atom. The Morgan fingerprint density at radius 3 is 2.29 bits per heavy atom. The lowest BCUT2D eigenvalue weighted by atomic mass is 9.95. The zero-order chi connectivity index (χ0) is 29.4. The second-order valence-electron chi connectivity index (χ2n) is 11.9. The second kappa shape index (κ2) is 14.6. The maximum Gasteiger partial charge on any atom is 0.245 e. The quantitative estimate of drug-likeness (QED) is 0.276. The van der Waals surface area contributed by atoms with E-state index in [2.05, 4.69) is 16.0 Å². The fraction of sp³-hybridized carbons (Fsp3) is 0.645. The minimum atomic E-state index is -0.917. The van der Waals surface area contributed by atoms with Crippen LogP contribution in [0.4, 0.5) is 0 Å². The number of piperidine rings is 1. The smallest absolute Gasteiger partial charge is 0.245 e. The number of rotatable bonds is 11. The van der Waals surface area contributed by atoms with Crippen molar-refractivity contribution in [2.24, 2.45) is 5.92 Å². The number of carbonyl (C=O) groups excluding carboxylic acids is 5. The van der Waals surface area contributed by atoms with Crippen LogP contribution in [-0.4, -0.2) is 77.7 Å². The van der Waals surface area contributed by atoms with Gasteiger partial charge in [0.15, 0.2) is 5.78 Å². The van der Waals surface area contributed by atoms with Crippen molar-refractivity contribution in [3.8, 4) is 0 Å². The van der Waals surface area contributed by atoms with Crippen LogP contribution in [0, 0.1) is 5.92 Å². The minimum Gasteiger partial charge on any atom is -0.365 e. The summed E-state index contributed by atoms with van der Waals surface area (Å²) in [7, 11) is 0. The first-order valence-electron chi connectivity index (χ1n) is 15.1. The monoisotopic (exact) mass is 568 g/mol. The summed E-state index contributed by atoms with van der Waals surface area (Å²) < 4.78 is 5.04. The molecule has 3 aliphatic rings. The van der Waals surface area contributed by atoms with Crippen LogP contribution in [-0.2, 0) is 35.1 Å². The lowest BCUT2D eigenvalue weighted by Crippen LogP contribution is -2.63. The maximum absolute atomic E-state index is 13.8. The van der Waals surface area contributed by atoms with Gasteiger partial charge in [0.05, 0.1) is 6.61 Å². The molecule has 0 radical (unpaired) electrons. The molecule has 3 heterocycles. The van der Waals surface area contributed by atoms with Gasteiger partial charge in [0.25, 0.3) is 0 Å². The predicted molar refractivity (Wildman–Crippen MR) is 153 cm³/mol. The molecule has 4 amide bonds. The second-order valence-corrected chi connectivity index (χ2v) is 11.9. The van der Waals surface area contributed by atoms with E-state index in [1.807, 2.05) is 44.2 Å². The molecule has 3 N–H and O–H groups in total. The van der Waals surface area contributed by atoms with Gasteiger partial charge in [-0.05, 0) is 50.0 Å². The Labute approximate surface area is 242 Å². The number of unbranched alkanes of at least 4 members (excludes halogenated alkanes) is 2. The number of nitrogens with zero attached hydrogens (tertiary/aromatic N) is 1. The van der Waals surface area contributed by atoms with Gasteiger partial charge < -0.3 is 25.6 Å². The van der Waals surface area contributed by atoms with E-state index in [0.717, 1.165) is 24.8 Å². The molecule has 224 valence electrons. The van der Waals surface area contributed by atoms with Crippen molar-refractivity contribution in [2.75, 3.05) is 13.2 Å². The van der Waals surface area contributed by atoms with Gasteiger partial charge in [-0.15, -0.1) is 0 Å². The third kappa shape index (κ3) is 8.86. The molecule has 10 nitrogen and oxygen atoms in total. The predicted octanol–water partition coefficient (Wildman–Crippen LogP) is 2.04. The van der Waals surface area contributed by atoms with Gasteiger partial charge in [0.2, 0.25) is 23.6 Å². The number of nitrogens with one attached hydrogen (secondary N) is 3. The highest BCUT2D eigenvalue weighted by atomic mass is 16.6. The average molecular weight is 569 g/mol. The fourth-order valence-corrected chi connectivity index (χ4v) is 5.72. The highest BCUT2D eigenvalue weighted by Gasteiger charge is 2.39. The number of benzene rings is 1. The molecule has 41 heavy (non-hydrogen) atoms. The molecular weight excluding hydrogens is 524 g/mol. The number of hydrogen-bond donors (Lipinski definition) is 3. The Balaban J connectivity index is 1.54. The molecule has 4 rings (SSSR count). The van der Waals surface area contributed by atoms with Gasteiger partial charge in [0, 0.05) is 19.4 Å². The number of ketones is 1. The normalized spacial score (nSPS) is 27.2. The Kier molecular flexibility index (Phi) is 10.9. The molecule has 1 aromatic rings. The molecule has 3 saturated heterocycles. The Morgan fingerprint density at radius 2 is 1.59 bits per heavy atom. The summed E-state index contributed by atoms with van der Waals surface area (Å²) in [5.74, 6) is -1.19. The van der Waals surface area contributed by atoms with Crippen molar-refractivity contribution in [1.29, 1.82) is 0 Å². The van der Waals surface area contributed by atoms with Crippen molar-refractivity contribution < 1.29 is 28.7 Å². The van der Waals surface area contributed by atoms with Gasteiger partial charge in [-0.1, -0.05) is 57.0 Å². The van der Waals surface area contributed by atoms with E-state index in [0.29, 0.717) is 51.7 Å². The standard InChI is InChI=1S/C31H44N4O6/c1-20(2)17-24-31(40)35-16-10-9-14-25(35)30(39)32-22(13-7-4-8-15-26(36)27-19-41-27)28(37)33-23(29(38)34-24)18-21-11-5-3-6-12-21/h3,5-6,11-12,20,22-25,27H,4,7-10,13-19H2,1-2H3,(H,32,39)(H,33,37)(H,34,38). The molecule has 3 fully saturated rings. The third-order valence-electron chi connectivity index (χ3n) is 8.07. The molecule has 5 atom stereocenters. The number of epoxide rings is 1. The number of amides is 4. The van der Waals surface area contributed by atoms with Crippen molar-refractivity contribution in [2.45, 2.75) is 108 Å². The summed E-state index contributed by atoms with van der Waals surface area (Å²) in [5.41, 5.74) is 0.868. The topological polar surface area (TPSA) is 137 Å². The van der Waals surface area contributed by atoms with Gasteiger partial charge in [-0.3, -0.25) is 24.0 Å². The molecule has 10 heteroatoms. The lowest BCUT2D eigenvalue weighted by molar-refractivity contribution is -0.147. The molecule has 1 aromatic carbocycles. The average Bonchev–Trinajstić information content (AvgIpc) is 3.81. The Hall–Kier alpha value is -3.27. The highest BCUT2D eigenvalue weighted by Crippen LogP contribution is 2.22. The van der Waals surface area contributed by atoms with Gasteiger partial charge in [-0.2, -0.15) is 0 Å². The first kappa shape index (κ1) is 30.7. The zero-order valence-electron chi connectivity index (χ0n) is 24.2. The first-order valence-corrected chi connectivity index (χ1v) is 15.1. The van der Waals surface area contributed by atoms with Crippen LogP contribution < -0.4 is 16.0 Å². The van der Waals surface area contributed by atoms with Crippen LogP contribution in [0.3, 0.4) is 0 Å². The van der Waals surface area contributed by atoms with E-state index in [-0.39, 0.29) is 36.0 Å². The maximum atomic E-state index is 13.8. The molecule has 0 bridgehead atoms. The van der Waals surface area contributed by atoms with Gasteiger partial charge in [0.1, 0.15) is 30.3 Å². The van der Waals surface area contributed by atoms with E-state index in [9.17, 15) is 24.0 Å². The number of fused-ring (bicyclic) bond motifs is 1. The van der Waals surface area contributed by atoms with Crippen LogP contribution in [0.25, 0.3) is 0 Å². The van der Waals surface area contributed by atoms with Crippen molar-refractivity contribution >= 4 is 29.4 Å². The lowest BCUT2D eigenvalue weighted by Gasteiger charge is -2.39. The van der Waals surface area contributed by atoms with Gasteiger partial charge in [-0.25, -0.2) is 0 Å². The third-order valence-corrected chi connectivity index (χ3v) is 8.07. The fourth-order valence-electron chi connectivity index (χ4n) is 5.72. The summed E-state index contributed by atoms with van der Waals surface area (Å²) in [6, 6.07) is 6.14. The number of Topliss-reactive ketones (excluding diaryl/α,β-unsaturated/α-hetero) is 1. The number of ether oxygens (including phenoxy) is 1. The van der Waals surface area contributed by atoms with Crippen LogP contribution in [0.1, 0.15) is 77.2 Å². The van der Waals surface area contributed by atoms with Crippen LogP contribution in [0.15, 0.2) is 30.3 Å². The van der Waals surface area contributed by atoms with E-state index in [1.54, 1.807) is 4.90 Å². The summed E-state index contributed by atoms with van der Waals surface area (Å²) in [5, 5.41) is 8.74. The molecule has 5 unspecified atom stereocenters. The molecule has 0 aromatic heterocycles. The van der Waals surface area contributed by atoms with Crippen molar-refractivity contribution in [1.82, 2.24) is 20.9 Å². The Bertz CT molecular complexity index is 1090. The van der Waals surface area contributed by atoms with Crippen LogP contribution in [0.5, 0.6) is 0 Å². The van der Waals surface area contributed by atoms with Crippen LogP contribution >= 0.6 is 0 Å². The summed E-state index contributed by atoms with van der Waals surface area (Å²) in [6.45, 7) is 4.91. The molecule has 0 aliphatic carbocycles. The molecular formula is C31H44N4O6. The van der Waals surface area contributed by atoms with Crippen molar-refractivity contribution in [3.05, 3.63) is 35.9 Å². The first-order chi connectivity index (χ1) is 19.7. The van der Waals surface area contributed by atoms with E-state index < -0.39 is 36.0 Å². The zero-order valence-corrected chi connectivity index (χ0v) is 24.2. The molecule has 0 saturated carbocycles. The number of hydrogen-bond acceptors (Lipinski definition) is 6.